The minimum absolute atomic E-state index is 0.00589. The second-order valence-electron chi connectivity index (χ2n) is 10.4. The van der Waals surface area contributed by atoms with Crippen molar-refractivity contribution in [1.82, 2.24) is 5.32 Å². The Hall–Kier alpha value is -2.37. The Balaban J connectivity index is 1.33. The molecule has 6 heteroatoms. The first kappa shape index (κ1) is 21.8. The number of rotatable bonds is 7. The van der Waals surface area contributed by atoms with Crippen molar-refractivity contribution in [2.24, 2.45) is 29.1 Å². The van der Waals surface area contributed by atoms with Gasteiger partial charge in [-0.25, -0.2) is 4.79 Å². The number of nitrogens with one attached hydrogen (secondary N) is 2. The van der Waals surface area contributed by atoms with Crippen LogP contribution in [0.15, 0.2) is 24.3 Å². The molecule has 4 fully saturated rings. The topological polar surface area (TPSA) is 84.5 Å². The summed E-state index contributed by atoms with van der Waals surface area (Å²) in [5.41, 5.74) is 1.44. The molecule has 6 nitrogen and oxygen atoms in total. The Kier molecular flexibility index (Phi) is 6.09. The number of aryl methyl sites for hydroxylation is 1. The van der Waals surface area contributed by atoms with Crippen molar-refractivity contribution < 1.29 is 19.1 Å². The van der Waals surface area contributed by atoms with E-state index in [-0.39, 0.29) is 23.8 Å². The summed E-state index contributed by atoms with van der Waals surface area (Å²) in [6, 6.07) is 6.66. The highest BCUT2D eigenvalue weighted by atomic mass is 16.5. The second-order valence-corrected chi connectivity index (χ2v) is 10.4. The molecule has 1 aromatic carbocycles. The SMILES string of the molecule is Cc1ccc(NC(=O)COC(=O)[C@H](NC(=O)C23CC4CC(CC(C4)C2)C3)C(C)C)cc1. The average Bonchev–Trinajstić information content (AvgIpc) is 2.70. The molecule has 2 N–H and O–H groups in total. The number of ether oxygens (including phenoxy) is 1. The van der Waals surface area contributed by atoms with Gasteiger partial charge in [-0.2, -0.15) is 0 Å². The first-order chi connectivity index (χ1) is 14.7. The average molecular weight is 427 g/mol. The Bertz CT molecular complexity index is 810. The molecule has 0 saturated heterocycles. The molecule has 1 aromatic rings. The van der Waals surface area contributed by atoms with E-state index in [4.69, 9.17) is 4.74 Å². The monoisotopic (exact) mass is 426 g/mol. The number of benzene rings is 1. The highest BCUT2D eigenvalue weighted by Gasteiger charge is 2.55. The number of carbonyl (C=O) groups is 3. The van der Waals surface area contributed by atoms with Crippen molar-refractivity contribution in [3.8, 4) is 0 Å². The Morgan fingerprint density at radius 2 is 1.55 bits per heavy atom. The molecule has 4 saturated carbocycles. The van der Waals surface area contributed by atoms with Gasteiger partial charge in [-0.3, -0.25) is 9.59 Å². The molecule has 0 aliphatic heterocycles. The van der Waals surface area contributed by atoms with Crippen LogP contribution in [0.5, 0.6) is 0 Å². The molecular weight excluding hydrogens is 392 g/mol. The van der Waals surface area contributed by atoms with E-state index >= 15 is 0 Å². The quantitative estimate of drug-likeness (QED) is 0.649. The van der Waals surface area contributed by atoms with Crippen LogP contribution in [-0.4, -0.2) is 30.4 Å². The Labute approximate surface area is 184 Å². The molecular formula is C25H34N2O4. The molecule has 5 rings (SSSR count). The lowest BCUT2D eigenvalue weighted by molar-refractivity contribution is -0.156. The molecule has 4 aliphatic rings. The fraction of sp³-hybridized carbons (Fsp3) is 0.640. The first-order valence-corrected chi connectivity index (χ1v) is 11.6. The first-order valence-electron chi connectivity index (χ1n) is 11.6. The number of hydrogen-bond acceptors (Lipinski definition) is 4. The summed E-state index contributed by atoms with van der Waals surface area (Å²) < 4.78 is 5.28. The van der Waals surface area contributed by atoms with Crippen molar-refractivity contribution in [1.29, 1.82) is 0 Å². The molecule has 0 spiro atoms. The fourth-order valence-electron chi connectivity index (χ4n) is 6.24. The summed E-state index contributed by atoms with van der Waals surface area (Å²) >= 11 is 0. The number of esters is 1. The fourth-order valence-corrected chi connectivity index (χ4v) is 6.24. The van der Waals surface area contributed by atoms with E-state index in [1.165, 1.54) is 19.3 Å². The summed E-state index contributed by atoms with van der Waals surface area (Å²) in [6.07, 6.45) is 6.63. The number of hydrogen-bond donors (Lipinski definition) is 2. The third-order valence-electron chi connectivity index (χ3n) is 7.41. The van der Waals surface area contributed by atoms with Gasteiger partial charge in [0.15, 0.2) is 6.61 Å². The van der Waals surface area contributed by atoms with E-state index in [0.29, 0.717) is 23.4 Å². The maximum absolute atomic E-state index is 13.3. The molecule has 2 amide bonds. The molecule has 0 aromatic heterocycles. The van der Waals surface area contributed by atoms with Crippen molar-refractivity contribution in [2.45, 2.75) is 65.3 Å². The summed E-state index contributed by atoms with van der Waals surface area (Å²) in [5, 5.41) is 5.73. The molecule has 1 atom stereocenters. The largest absolute Gasteiger partial charge is 0.454 e. The van der Waals surface area contributed by atoms with Gasteiger partial charge in [-0.05, 0) is 81.3 Å². The van der Waals surface area contributed by atoms with Crippen LogP contribution >= 0.6 is 0 Å². The van der Waals surface area contributed by atoms with Gasteiger partial charge in [0.1, 0.15) is 6.04 Å². The summed E-state index contributed by atoms with van der Waals surface area (Å²) in [5.74, 6) is 0.918. The lowest BCUT2D eigenvalue weighted by Gasteiger charge is -2.55. The van der Waals surface area contributed by atoms with E-state index in [1.54, 1.807) is 12.1 Å². The number of amides is 2. The van der Waals surface area contributed by atoms with Crippen LogP contribution in [0.3, 0.4) is 0 Å². The van der Waals surface area contributed by atoms with E-state index in [1.807, 2.05) is 32.9 Å². The highest BCUT2D eigenvalue weighted by Crippen LogP contribution is 2.60. The van der Waals surface area contributed by atoms with Crippen molar-refractivity contribution in [3.05, 3.63) is 29.8 Å². The van der Waals surface area contributed by atoms with Gasteiger partial charge in [0.2, 0.25) is 5.91 Å². The normalized spacial score (nSPS) is 29.5. The predicted molar refractivity (Wildman–Crippen MR) is 118 cm³/mol. The van der Waals surface area contributed by atoms with Crippen LogP contribution in [0.4, 0.5) is 5.69 Å². The smallest absolute Gasteiger partial charge is 0.329 e. The van der Waals surface area contributed by atoms with Crippen LogP contribution in [-0.2, 0) is 19.1 Å². The van der Waals surface area contributed by atoms with Gasteiger partial charge in [0.05, 0.1) is 0 Å². The molecule has 4 bridgehead atoms. The maximum atomic E-state index is 13.3. The predicted octanol–water partition coefficient (Wildman–Crippen LogP) is 3.83. The third kappa shape index (κ3) is 4.78. The highest BCUT2D eigenvalue weighted by molar-refractivity contribution is 5.94. The van der Waals surface area contributed by atoms with Crippen LogP contribution < -0.4 is 10.6 Å². The van der Waals surface area contributed by atoms with Crippen LogP contribution in [0, 0.1) is 36.0 Å². The van der Waals surface area contributed by atoms with Crippen LogP contribution in [0.1, 0.15) is 57.9 Å². The zero-order valence-electron chi connectivity index (χ0n) is 18.8. The standard InChI is InChI=1S/C25H34N2O4/c1-15(2)22(23(29)31-14-21(28)26-20-6-4-16(3)5-7-20)27-24(30)25-11-17-8-18(12-25)10-19(9-17)13-25/h4-7,15,17-19,22H,8-14H2,1-3H3,(H,26,28)(H,27,30)/t17?,18?,19?,22-,25?/m1/s1. The zero-order valence-corrected chi connectivity index (χ0v) is 18.8. The van der Waals surface area contributed by atoms with Crippen molar-refractivity contribution >= 4 is 23.5 Å². The number of anilines is 1. The van der Waals surface area contributed by atoms with Gasteiger partial charge < -0.3 is 15.4 Å². The van der Waals surface area contributed by atoms with Gasteiger partial charge in [0.25, 0.3) is 5.91 Å². The second kappa shape index (κ2) is 8.64. The number of carbonyl (C=O) groups excluding carboxylic acids is 3. The van der Waals surface area contributed by atoms with E-state index in [2.05, 4.69) is 10.6 Å². The van der Waals surface area contributed by atoms with Crippen LogP contribution in [0.2, 0.25) is 0 Å². The molecule has 0 radical (unpaired) electrons. The van der Waals surface area contributed by atoms with Crippen molar-refractivity contribution in [2.75, 3.05) is 11.9 Å². The van der Waals surface area contributed by atoms with Gasteiger partial charge in [-0.15, -0.1) is 0 Å². The molecule has 0 unspecified atom stereocenters. The molecule has 0 heterocycles. The van der Waals surface area contributed by atoms with Gasteiger partial charge in [-0.1, -0.05) is 31.5 Å². The molecule has 168 valence electrons. The molecule has 31 heavy (non-hydrogen) atoms. The molecule has 4 aliphatic carbocycles. The van der Waals surface area contributed by atoms with Crippen molar-refractivity contribution in [3.63, 3.8) is 0 Å². The third-order valence-corrected chi connectivity index (χ3v) is 7.41. The minimum atomic E-state index is -0.743. The van der Waals surface area contributed by atoms with Crippen LogP contribution in [0.25, 0.3) is 0 Å². The maximum Gasteiger partial charge on any atom is 0.329 e. The van der Waals surface area contributed by atoms with E-state index < -0.39 is 17.9 Å². The minimum Gasteiger partial charge on any atom is -0.454 e. The lowest BCUT2D eigenvalue weighted by atomic mass is 9.49. The summed E-state index contributed by atoms with van der Waals surface area (Å²) in [7, 11) is 0. The van der Waals surface area contributed by atoms with Gasteiger partial charge >= 0.3 is 5.97 Å². The Morgan fingerprint density at radius 1 is 1.00 bits per heavy atom. The zero-order chi connectivity index (χ0) is 22.2. The summed E-state index contributed by atoms with van der Waals surface area (Å²) in [6.45, 7) is 5.37. The van der Waals surface area contributed by atoms with E-state index in [9.17, 15) is 14.4 Å². The Morgan fingerprint density at radius 3 is 2.06 bits per heavy atom. The summed E-state index contributed by atoms with van der Waals surface area (Å²) in [4.78, 5) is 38.2. The van der Waals surface area contributed by atoms with Gasteiger partial charge in [0, 0.05) is 11.1 Å². The lowest BCUT2D eigenvalue weighted by Crippen LogP contribution is -2.57. The van der Waals surface area contributed by atoms with E-state index in [0.717, 1.165) is 24.8 Å².